The van der Waals surface area contributed by atoms with Crippen LogP contribution in [0.5, 0.6) is 0 Å². The number of aromatic nitrogens is 1. The molecule has 1 amide bonds. The maximum atomic E-state index is 12.6. The molecule has 0 spiro atoms. The quantitative estimate of drug-likeness (QED) is 0.770. The molecule has 1 atom stereocenters. The highest BCUT2D eigenvalue weighted by atomic mass is 19.1. The van der Waals surface area contributed by atoms with Crippen molar-refractivity contribution in [3.05, 3.63) is 24.3 Å². The summed E-state index contributed by atoms with van der Waals surface area (Å²) in [6.45, 7) is 4.38. The third-order valence-electron chi connectivity index (χ3n) is 2.41. The summed E-state index contributed by atoms with van der Waals surface area (Å²) >= 11 is 0. The van der Waals surface area contributed by atoms with Gasteiger partial charge < -0.3 is 11.1 Å². The van der Waals surface area contributed by atoms with Gasteiger partial charge in [0.05, 0.1) is 17.8 Å². The number of halogens is 1. The van der Waals surface area contributed by atoms with Crippen LogP contribution in [0.4, 0.5) is 10.1 Å². The van der Waals surface area contributed by atoms with E-state index in [9.17, 15) is 9.18 Å². The largest absolute Gasteiger partial charge is 0.330 e. The fourth-order valence-electron chi connectivity index (χ4n) is 1.57. The second-order valence-electron chi connectivity index (χ2n) is 4.42. The van der Waals surface area contributed by atoms with Crippen molar-refractivity contribution in [2.45, 2.75) is 20.3 Å². The van der Waals surface area contributed by atoms with Gasteiger partial charge in [0.2, 0.25) is 11.9 Å². The standard InChI is InChI=1S/C12H18FN3O/c1-8(2)5-9(6-14)12(17)16-10-3-4-11(13)15-7-10/h3-4,7-9H,5-6,14H2,1-2H3,(H,16,17). The second-order valence-corrected chi connectivity index (χ2v) is 4.42. The smallest absolute Gasteiger partial charge is 0.228 e. The summed E-state index contributed by atoms with van der Waals surface area (Å²) in [6, 6.07) is 2.68. The number of hydrogen-bond donors (Lipinski definition) is 2. The van der Waals surface area contributed by atoms with Gasteiger partial charge >= 0.3 is 0 Å². The first-order valence-corrected chi connectivity index (χ1v) is 5.65. The molecule has 1 rings (SSSR count). The molecular formula is C12H18FN3O. The van der Waals surface area contributed by atoms with E-state index in [1.54, 1.807) is 0 Å². The maximum absolute atomic E-state index is 12.6. The van der Waals surface area contributed by atoms with E-state index in [0.717, 1.165) is 6.42 Å². The first kappa shape index (κ1) is 13.6. The molecule has 0 aliphatic carbocycles. The summed E-state index contributed by atoms with van der Waals surface area (Å²) in [5.74, 6) is -0.532. The van der Waals surface area contributed by atoms with Crippen LogP contribution in [0.3, 0.4) is 0 Å². The molecule has 0 aliphatic rings. The molecular weight excluding hydrogens is 221 g/mol. The van der Waals surface area contributed by atoms with Crippen molar-refractivity contribution in [2.75, 3.05) is 11.9 Å². The molecule has 1 aromatic heterocycles. The molecule has 0 saturated carbocycles. The fourth-order valence-corrected chi connectivity index (χ4v) is 1.57. The van der Waals surface area contributed by atoms with Crippen molar-refractivity contribution in [2.24, 2.45) is 17.6 Å². The van der Waals surface area contributed by atoms with E-state index < -0.39 is 5.95 Å². The molecule has 3 N–H and O–H groups in total. The topological polar surface area (TPSA) is 68.0 Å². The molecule has 0 aliphatic heterocycles. The van der Waals surface area contributed by atoms with Gasteiger partial charge in [0.15, 0.2) is 0 Å². The van der Waals surface area contributed by atoms with Crippen molar-refractivity contribution in [1.82, 2.24) is 4.98 Å². The minimum absolute atomic E-state index is 0.144. The van der Waals surface area contributed by atoms with Gasteiger partial charge in [-0.05, 0) is 24.5 Å². The Morgan fingerprint density at radius 1 is 1.53 bits per heavy atom. The summed E-state index contributed by atoms with van der Waals surface area (Å²) < 4.78 is 12.6. The number of hydrogen-bond acceptors (Lipinski definition) is 3. The Labute approximate surface area is 100 Å². The molecule has 0 fully saturated rings. The van der Waals surface area contributed by atoms with E-state index in [1.807, 2.05) is 13.8 Å². The minimum atomic E-state index is -0.569. The predicted octanol–water partition coefficient (Wildman–Crippen LogP) is 1.78. The van der Waals surface area contributed by atoms with Gasteiger partial charge in [-0.15, -0.1) is 0 Å². The Kier molecular flexibility index (Phi) is 5.03. The van der Waals surface area contributed by atoms with Crippen LogP contribution >= 0.6 is 0 Å². The van der Waals surface area contributed by atoms with Gasteiger partial charge in [-0.3, -0.25) is 4.79 Å². The highest BCUT2D eigenvalue weighted by Crippen LogP contribution is 2.13. The van der Waals surface area contributed by atoms with E-state index in [-0.39, 0.29) is 11.8 Å². The Morgan fingerprint density at radius 3 is 2.71 bits per heavy atom. The lowest BCUT2D eigenvalue weighted by molar-refractivity contribution is -0.120. The van der Waals surface area contributed by atoms with Gasteiger partial charge in [-0.2, -0.15) is 4.39 Å². The summed E-state index contributed by atoms with van der Waals surface area (Å²) in [7, 11) is 0. The van der Waals surface area contributed by atoms with Gasteiger partial charge in [0.25, 0.3) is 0 Å². The lowest BCUT2D eigenvalue weighted by Gasteiger charge is -2.16. The van der Waals surface area contributed by atoms with Crippen molar-refractivity contribution in [3.63, 3.8) is 0 Å². The van der Waals surface area contributed by atoms with Crippen LogP contribution in [0.1, 0.15) is 20.3 Å². The average molecular weight is 239 g/mol. The summed E-state index contributed by atoms with van der Waals surface area (Å²) in [5.41, 5.74) is 6.05. The zero-order chi connectivity index (χ0) is 12.8. The first-order chi connectivity index (χ1) is 8.02. The number of rotatable bonds is 5. The van der Waals surface area contributed by atoms with Gasteiger partial charge in [-0.1, -0.05) is 13.8 Å². The van der Waals surface area contributed by atoms with Gasteiger partial charge in [0.1, 0.15) is 0 Å². The molecule has 1 aromatic rings. The number of nitrogens with two attached hydrogens (primary N) is 1. The van der Waals surface area contributed by atoms with Crippen LogP contribution < -0.4 is 11.1 Å². The Balaban J connectivity index is 2.60. The third-order valence-corrected chi connectivity index (χ3v) is 2.41. The zero-order valence-corrected chi connectivity index (χ0v) is 10.1. The molecule has 0 radical (unpaired) electrons. The van der Waals surface area contributed by atoms with E-state index in [4.69, 9.17) is 5.73 Å². The van der Waals surface area contributed by atoms with Crippen LogP contribution in [0.2, 0.25) is 0 Å². The van der Waals surface area contributed by atoms with Gasteiger partial charge in [-0.25, -0.2) is 4.98 Å². The molecule has 4 nitrogen and oxygen atoms in total. The molecule has 17 heavy (non-hydrogen) atoms. The minimum Gasteiger partial charge on any atom is -0.330 e. The summed E-state index contributed by atoms with van der Waals surface area (Å²) in [5, 5.41) is 2.68. The number of nitrogens with zero attached hydrogens (tertiary/aromatic N) is 1. The van der Waals surface area contributed by atoms with Gasteiger partial charge in [0, 0.05) is 6.54 Å². The van der Waals surface area contributed by atoms with E-state index in [0.29, 0.717) is 18.2 Å². The number of nitrogens with one attached hydrogen (secondary N) is 1. The maximum Gasteiger partial charge on any atom is 0.228 e. The fraction of sp³-hybridized carbons (Fsp3) is 0.500. The number of pyridine rings is 1. The molecule has 1 unspecified atom stereocenters. The Morgan fingerprint density at radius 2 is 2.24 bits per heavy atom. The van der Waals surface area contributed by atoms with Crippen molar-refractivity contribution < 1.29 is 9.18 Å². The SMILES string of the molecule is CC(C)CC(CN)C(=O)Nc1ccc(F)nc1. The number of amides is 1. The highest BCUT2D eigenvalue weighted by Gasteiger charge is 2.18. The molecule has 1 heterocycles. The van der Waals surface area contributed by atoms with E-state index in [2.05, 4.69) is 10.3 Å². The highest BCUT2D eigenvalue weighted by molar-refractivity contribution is 5.92. The number of carbonyl (C=O) groups is 1. The number of carbonyl (C=O) groups excluding carboxylic acids is 1. The Bertz CT molecular complexity index is 365. The lowest BCUT2D eigenvalue weighted by Crippen LogP contribution is -2.30. The summed E-state index contributed by atoms with van der Waals surface area (Å²) in [6.07, 6.45) is 2.02. The van der Waals surface area contributed by atoms with E-state index in [1.165, 1.54) is 18.3 Å². The number of anilines is 1. The summed E-state index contributed by atoms with van der Waals surface area (Å²) in [4.78, 5) is 15.3. The molecule has 0 saturated heterocycles. The van der Waals surface area contributed by atoms with Crippen LogP contribution in [-0.4, -0.2) is 17.4 Å². The monoisotopic (exact) mass is 239 g/mol. The normalized spacial score (nSPS) is 12.5. The molecule has 5 heteroatoms. The van der Waals surface area contributed by atoms with E-state index >= 15 is 0 Å². The van der Waals surface area contributed by atoms with Crippen LogP contribution in [0, 0.1) is 17.8 Å². The first-order valence-electron chi connectivity index (χ1n) is 5.65. The average Bonchev–Trinajstić information content (AvgIpc) is 2.28. The molecule has 0 bridgehead atoms. The lowest BCUT2D eigenvalue weighted by atomic mass is 9.96. The van der Waals surface area contributed by atoms with Crippen molar-refractivity contribution in [1.29, 1.82) is 0 Å². The zero-order valence-electron chi connectivity index (χ0n) is 10.1. The molecule has 0 aromatic carbocycles. The van der Waals surface area contributed by atoms with Crippen LogP contribution in [0.15, 0.2) is 18.3 Å². The van der Waals surface area contributed by atoms with Crippen LogP contribution in [-0.2, 0) is 4.79 Å². The van der Waals surface area contributed by atoms with Crippen LogP contribution in [0.25, 0.3) is 0 Å². The molecule has 94 valence electrons. The second kappa shape index (κ2) is 6.30. The Hall–Kier alpha value is -1.49. The third kappa shape index (κ3) is 4.48. The predicted molar refractivity (Wildman–Crippen MR) is 64.8 cm³/mol. The van der Waals surface area contributed by atoms with Crippen molar-refractivity contribution in [3.8, 4) is 0 Å². The van der Waals surface area contributed by atoms with Crippen molar-refractivity contribution >= 4 is 11.6 Å².